The van der Waals surface area contributed by atoms with E-state index < -0.39 is 0 Å². The molecule has 1 aliphatic heterocycles. The van der Waals surface area contributed by atoms with Crippen molar-refractivity contribution in [1.82, 2.24) is 5.32 Å². The largest absolute Gasteiger partial charge is 0.313 e. The molecule has 0 amide bonds. The maximum Gasteiger partial charge on any atom is 0.0110 e. The summed E-state index contributed by atoms with van der Waals surface area (Å²) < 4.78 is 0. The molecule has 80 valence electrons. The Bertz CT molecular complexity index is 231. The smallest absolute Gasteiger partial charge is 0.0110 e. The van der Waals surface area contributed by atoms with Crippen LogP contribution in [-0.2, 0) is 0 Å². The summed E-state index contributed by atoms with van der Waals surface area (Å²) in [5.41, 5.74) is 1.77. The molecule has 1 heteroatoms. The zero-order chi connectivity index (χ0) is 10.1. The molecule has 0 aromatic rings. The van der Waals surface area contributed by atoms with Gasteiger partial charge in [-0.25, -0.2) is 0 Å². The predicted molar refractivity (Wildman–Crippen MR) is 61.2 cm³/mol. The Hall–Kier alpha value is -0.300. The first-order chi connectivity index (χ1) is 6.74. The Kier molecular flexibility index (Phi) is 2.96. The minimum atomic E-state index is 0.716. The maximum absolute atomic E-state index is 3.64. The molecule has 0 spiro atoms. The van der Waals surface area contributed by atoms with E-state index in [1.165, 1.54) is 25.8 Å². The number of hydrogen-bond acceptors (Lipinski definition) is 1. The van der Waals surface area contributed by atoms with Gasteiger partial charge in [-0.2, -0.15) is 0 Å². The maximum atomic E-state index is 3.64. The highest BCUT2D eigenvalue weighted by atomic mass is 14.9. The van der Waals surface area contributed by atoms with Gasteiger partial charge in [-0.15, -0.1) is 0 Å². The third-order valence-corrected chi connectivity index (χ3v) is 3.78. The summed E-state index contributed by atoms with van der Waals surface area (Å²) in [6.07, 6.45) is 6.70. The molecule has 4 unspecified atom stereocenters. The Morgan fingerprint density at radius 3 is 2.93 bits per heavy atom. The summed E-state index contributed by atoms with van der Waals surface area (Å²) in [4.78, 5) is 0. The van der Waals surface area contributed by atoms with Gasteiger partial charge in [0.1, 0.15) is 0 Å². The molecule has 1 fully saturated rings. The lowest BCUT2D eigenvalue weighted by Crippen LogP contribution is -2.31. The molecule has 1 nitrogen and oxygen atoms in total. The van der Waals surface area contributed by atoms with Gasteiger partial charge in [0.25, 0.3) is 0 Å². The molecule has 1 saturated carbocycles. The Labute approximate surface area is 88.0 Å². The Morgan fingerprint density at radius 1 is 1.43 bits per heavy atom. The van der Waals surface area contributed by atoms with E-state index in [2.05, 4.69) is 32.2 Å². The third-order valence-electron chi connectivity index (χ3n) is 3.78. The average Bonchev–Trinajstić information content (AvgIpc) is 2.85. The molecule has 14 heavy (non-hydrogen) atoms. The summed E-state index contributed by atoms with van der Waals surface area (Å²) in [6, 6.07) is 0.716. The van der Waals surface area contributed by atoms with Crippen molar-refractivity contribution < 1.29 is 0 Å². The molecule has 2 rings (SSSR count). The number of unbranched alkanes of at least 4 members (excludes halogenated alkanes) is 1. The second-order valence-corrected chi connectivity index (χ2v) is 5.12. The summed E-state index contributed by atoms with van der Waals surface area (Å²) in [6.45, 7) is 8.13. The van der Waals surface area contributed by atoms with Crippen LogP contribution < -0.4 is 5.32 Å². The van der Waals surface area contributed by atoms with Crippen LogP contribution in [-0.4, -0.2) is 12.6 Å². The lowest BCUT2D eigenvalue weighted by Gasteiger charge is -2.13. The Balaban J connectivity index is 1.97. The molecule has 1 heterocycles. The molecular weight excluding hydrogens is 170 g/mol. The standard InChI is InChI=1S/C13H23N/c1-4-5-6-11-12-7-9(2)8-14-10(3)13(11)12/h7,9-11,13-14H,4-6,8H2,1-3H3. The van der Waals surface area contributed by atoms with Gasteiger partial charge in [0.05, 0.1) is 0 Å². The third kappa shape index (κ3) is 1.88. The van der Waals surface area contributed by atoms with E-state index in [9.17, 15) is 0 Å². The first-order valence-corrected chi connectivity index (χ1v) is 6.19. The quantitative estimate of drug-likeness (QED) is 0.679. The molecule has 0 saturated heterocycles. The van der Waals surface area contributed by atoms with Gasteiger partial charge >= 0.3 is 0 Å². The van der Waals surface area contributed by atoms with Crippen molar-refractivity contribution >= 4 is 0 Å². The van der Waals surface area contributed by atoms with Crippen molar-refractivity contribution in [3.05, 3.63) is 11.6 Å². The van der Waals surface area contributed by atoms with Crippen molar-refractivity contribution in [2.24, 2.45) is 17.8 Å². The molecule has 1 aliphatic carbocycles. The number of hydrogen-bond donors (Lipinski definition) is 1. The highest BCUT2D eigenvalue weighted by molar-refractivity contribution is 5.33. The highest BCUT2D eigenvalue weighted by Gasteiger charge is 2.47. The van der Waals surface area contributed by atoms with Crippen LogP contribution in [0.5, 0.6) is 0 Å². The van der Waals surface area contributed by atoms with Gasteiger partial charge < -0.3 is 5.32 Å². The van der Waals surface area contributed by atoms with Gasteiger partial charge in [0.15, 0.2) is 0 Å². The lowest BCUT2D eigenvalue weighted by molar-refractivity contribution is 0.446. The van der Waals surface area contributed by atoms with Crippen molar-refractivity contribution in [1.29, 1.82) is 0 Å². The highest BCUT2D eigenvalue weighted by Crippen LogP contribution is 2.52. The zero-order valence-electron chi connectivity index (χ0n) is 9.72. The van der Waals surface area contributed by atoms with Crippen molar-refractivity contribution in [3.63, 3.8) is 0 Å². The summed E-state index contributed by atoms with van der Waals surface area (Å²) in [7, 11) is 0. The summed E-state index contributed by atoms with van der Waals surface area (Å²) >= 11 is 0. The normalized spacial score (nSPS) is 41.2. The fourth-order valence-corrected chi connectivity index (χ4v) is 2.89. The van der Waals surface area contributed by atoms with Gasteiger partial charge in [0, 0.05) is 18.5 Å². The first-order valence-electron chi connectivity index (χ1n) is 6.19. The van der Waals surface area contributed by atoms with Crippen LogP contribution in [0.1, 0.15) is 40.0 Å². The molecule has 1 N–H and O–H groups in total. The van der Waals surface area contributed by atoms with Gasteiger partial charge in [-0.05, 0) is 25.2 Å². The predicted octanol–water partition coefficient (Wildman–Crippen LogP) is 2.98. The fraction of sp³-hybridized carbons (Fsp3) is 0.846. The first kappa shape index (κ1) is 10.2. The van der Waals surface area contributed by atoms with Crippen LogP contribution in [0.4, 0.5) is 0 Å². The van der Waals surface area contributed by atoms with Crippen LogP contribution in [0, 0.1) is 17.8 Å². The van der Waals surface area contributed by atoms with Gasteiger partial charge in [-0.1, -0.05) is 38.3 Å². The van der Waals surface area contributed by atoms with E-state index >= 15 is 0 Å². The van der Waals surface area contributed by atoms with E-state index in [1.807, 2.05) is 0 Å². The SMILES string of the molecule is CCCCC1C2=CC(C)CNC(C)C21. The van der Waals surface area contributed by atoms with Crippen LogP contribution >= 0.6 is 0 Å². The van der Waals surface area contributed by atoms with Gasteiger partial charge in [-0.3, -0.25) is 0 Å². The second-order valence-electron chi connectivity index (χ2n) is 5.12. The van der Waals surface area contributed by atoms with Crippen LogP contribution in [0.15, 0.2) is 11.6 Å². The molecule has 0 aromatic heterocycles. The average molecular weight is 193 g/mol. The van der Waals surface area contributed by atoms with E-state index in [1.54, 1.807) is 5.57 Å². The molecule has 2 aliphatic rings. The topological polar surface area (TPSA) is 12.0 Å². The van der Waals surface area contributed by atoms with E-state index in [0.717, 1.165) is 17.8 Å². The van der Waals surface area contributed by atoms with E-state index in [4.69, 9.17) is 0 Å². The van der Waals surface area contributed by atoms with Crippen LogP contribution in [0.2, 0.25) is 0 Å². The van der Waals surface area contributed by atoms with E-state index in [0.29, 0.717) is 6.04 Å². The molecule has 0 bridgehead atoms. The molecular formula is C13H23N. The number of nitrogens with one attached hydrogen (secondary N) is 1. The van der Waals surface area contributed by atoms with Gasteiger partial charge in [0.2, 0.25) is 0 Å². The van der Waals surface area contributed by atoms with Crippen molar-refractivity contribution in [3.8, 4) is 0 Å². The second kappa shape index (κ2) is 4.06. The van der Waals surface area contributed by atoms with Crippen LogP contribution in [0.25, 0.3) is 0 Å². The lowest BCUT2D eigenvalue weighted by atomic mass is 10.1. The summed E-state index contributed by atoms with van der Waals surface area (Å²) in [5, 5.41) is 3.64. The molecule has 0 radical (unpaired) electrons. The molecule has 0 aromatic carbocycles. The number of fused-ring (bicyclic) bond motifs is 1. The Morgan fingerprint density at radius 2 is 2.21 bits per heavy atom. The fourth-order valence-electron chi connectivity index (χ4n) is 2.89. The van der Waals surface area contributed by atoms with Crippen LogP contribution in [0.3, 0.4) is 0 Å². The van der Waals surface area contributed by atoms with Crippen molar-refractivity contribution in [2.75, 3.05) is 6.54 Å². The zero-order valence-corrected chi connectivity index (χ0v) is 9.72. The minimum Gasteiger partial charge on any atom is -0.313 e. The van der Waals surface area contributed by atoms with E-state index in [-0.39, 0.29) is 0 Å². The molecule has 4 atom stereocenters. The van der Waals surface area contributed by atoms with Crippen molar-refractivity contribution in [2.45, 2.75) is 46.1 Å². The summed E-state index contributed by atoms with van der Waals surface area (Å²) in [5.74, 6) is 2.55. The monoisotopic (exact) mass is 193 g/mol. The number of rotatable bonds is 3. The minimum absolute atomic E-state index is 0.716.